The lowest BCUT2D eigenvalue weighted by Crippen LogP contribution is -2.26. The van der Waals surface area contributed by atoms with E-state index in [0.29, 0.717) is 23.4 Å². The molecule has 0 fully saturated rings. The molecule has 3 aromatic rings. The number of nitrogens with one attached hydrogen (secondary N) is 2. The number of carbonyl (C=O) groups is 2. The van der Waals surface area contributed by atoms with Crippen molar-refractivity contribution in [3.05, 3.63) is 12.1 Å². The van der Waals surface area contributed by atoms with Crippen molar-refractivity contribution in [2.45, 2.75) is 0 Å². The summed E-state index contributed by atoms with van der Waals surface area (Å²) in [4.78, 5) is 36.3. The van der Waals surface area contributed by atoms with Gasteiger partial charge in [0.1, 0.15) is 0 Å². The third kappa shape index (κ3) is 4.52. The highest BCUT2D eigenvalue weighted by molar-refractivity contribution is 7.24. The van der Waals surface area contributed by atoms with Crippen molar-refractivity contribution >= 4 is 65.2 Å². The first-order chi connectivity index (χ1) is 12.3. The third-order valence-corrected chi connectivity index (χ3v) is 5.18. The number of hydrogen-bond donors (Lipinski definition) is 2. The Labute approximate surface area is 158 Å². The minimum atomic E-state index is -0.0973. The van der Waals surface area contributed by atoms with Gasteiger partial charge in [0.05, 0.1) is 33.5 Å². The van der Waals surface area contributed by atoms with E-state index in [1.165, 1.54) is 22.7 Å². The molecule has 0 saturated carbocycles. The van der Waals surface area contributed by atoms with Gasteiger partial charge in [-0.15, -0.1) is 0 Å². The number of fused-ring (bicyclic) bond motifs is 2. The van der Waals surface area contributed by atoms with E-state index in [2.05, 4.69) is 20.6 Å². The molecule has 0 radical (unpaired) electrons. The Hall–Kier alpha value is -2.14. The van der Waals surface area contributed by atoms with Crippen molar-refractivity contribution in [3.63, 3.8) is 0 Å². The van der Waals surface area contributed by atoms with Gasteiger partial charge in [-0.1, -0.05) is 22.7 Å². The van der Waals surface area contributed by atoms with Crippen molar-refractivity contribution in [2.24, 2.45) is 0 Å². The molecule has 2 N–H and O–H groups in total. The summed E-state index contributed by atoms with van der Waals surface area (Å²) < 4.78 is 1.93. The number of rotatable bonds is 6. The second kappa shape index (κ2) is 7.62. The van der Waals surface area contributed by atoms with Crippen LogP contribution in [0.15, 0.2) is 12.1 Å². The van der Waals surface area contributed by atoms with E-state index >= 15 is 0 Å². The molecule has 0 atom stereocenters. The minimum absolute atomic E-state index is 0.0973. The summed E-state index contributed by atoms with van der Waals surface area (Å²) in [6.07, 6.45) is 0. The van der Waals surface area contributed by atoms with E-state index in [4.69, 9.17) is 0 Å². The van der Waals surface area contributed by atoms with E-state index in [1.54, 1.807) is 9.80 Å². The molecule has 0 aliphatic rings. The Kier molecular flexibility index (Phi) is 5.47. The van der Waals surface area contributed by atoms with Crippen LogP contribution in [0.5, 0.6) is 0 Å². The summed E-state index contributed by atoms with van der Waals surface area (Å²) in [6.45, 7) is 0.616. The van der Waals surface area contributed by atoms with Gasteiger partial charge in [0.2, 0.25) is 11.8 Å². The molecular weight excluding hydrogens is 372 g/mol. The van der Waals surface area contributed by atoms with Gasteiger partial charge >= 0.3 is 0 Å². The molecule has 26 heavy (non-hydrogen) atoms. The van der Waals surface area contributed by atoms with Gasteiger partial charge in [0, 0.05) is 0 Å². The molecule has 0 saturated heterocycles. The van der Waals surface area contributed by atoms with Gasteiger partial charge < -0.3 is 20.4 Å². The van der Waals surface area contributed by atoms with Crippen molar-refractivity contribution in [1.29, 1.82) is 0 Å². The topological polar surface area (TPSA) is 90.5 Å². The van der Waals surface area contributed by atoms with Gasteiger partial charge in [0.15, 0.2) is 10.3 Å². The highest BCUT2D eigenvalue weighted by atomic mass is 32.1. The van der Waals surface area contributed by atoms with Crippen LogP contribution < -0.4 is 10.6 Å². The lowest BCUT2D eigenvalue weighted by atomic mass is 10.3. The summed E-state index contributed by atoms with van der Waals surface area (Å²) in [5.74, 6) is -0.195. The highest BCUT2D eigenvalue weighted by Crippen LogP contribution is 2.33. The van der Waals surface area contributed by atoms with Gasteiger partial charge in [-0.25, -0.2) is 9.97 Å². The van der Waals surface area contributed by atoms with Crippen LogP contribution in [-0.4, -0.2) is 72.9 Å². The Bertz CT molecular complexity index is 838. The Morgan fingerprint density at radius 2 is 1.27 bits per heavy atom. The fraction of sp³-hybridized carbons (Fsp3) is 0.375. The lowest BCUT2D eigenvalue weighted by molar-refractivity contribution is -0.117. The first-order valence-corrected chi connectivity index (χ1v) is 9.54. The molecule has 2 heterocycles. The van der Waals surface area contributed by atoms with Crippen LogP contribution in [0.1, 0.15) is 0 Å². The summed E-state index contributed by atoms with van der Waals surface area (Å²) in [5, 5.41) is 6.77. The number of amides is 2. The molecule has 8 nitrogen and oxygen atoms in total. The molecular formula is C16H20N6O2S2. The van der Waals surface area contributed by atoms with Crippen LogP contribution in [0.3, 0.4) is 0 Å². The number of nitrogens with zero attached hydrogens (tertiary/aromatic N) is 4. The smallest absolute Gasteiger partial charge is 0.240 e. The first-order valence-electron chi connectivity index (χ1n) is 7.90. The number of hydrogen-bond acceptors (Lipinski definition) is 8. The van der Waals surface area contributed by atoms with E-state index in [-0.39, 0.29) is 11.8 Å². The van der Waals surface area contributed by atoms with Crippen LogP contribution >= 0.6 is 22.7 Å². The summed E-state index contributed by atoms with van der Waals surface area (Å²) in [5.41, 5.74) is 1.55. The molecule has 0 aliphatic carbocycles. The third-order valence-electron chi connectivity index (χ3n) is 3.31. The van der Waals surface area contributed by atoms with Gasteiger partial charge in [-0.05, 0) is 40.3 Å². The predicted molar refractivity (Wildman–Crippen MR) is 107 cm³/mol. The molecule has 0 bridgehead atoms. The number of benzene rings is 1. The van der Waals surface area contributed by atoms with E-state index in [0.717, 1.165) is 20.4 Å². The van der Waals surface area contributed by atoms with Crippen LogP contribution in [-0.2, 0) is 9.59 Å². The zero-order chi connectivity index (χ0) is 18.8. The summed E-state index contributed by atoms with van der Waals surface area (Å²) >= 11 is 2.84. The van der Waals surface area contributed by atoms with Crippen LogP contribution in [0.25, 0.3) is 20.4 Å². The van der Waals surface area contributed by atoms with Gasteiger partial charge in [-0.3, -0.25) is 9.59 Å². The van der Waals surface area contributed by atoms with Crippen LogP contribution in [0.4, 0.5) is 10.3 Å². The number of anilines is 2. The molecule has 1 aromatic carbocycles. The van der Waals surface area contributed by atoms with Crippen molar-refractivity contribution < 1.29 is 9.59 Å². The maximum Gasteiger partial charge on any atom is 0.240 e. The van der Waals surface area contributed by atoms with Crippen LogP contribution in [0, 0.1) is 0 Å². The Morgan fingerprint density at radius 3 is 1.65 bits per heavy atom. The monoisotopic (exact) mass is 392 g/mol. The molecule has 0 unspecified atom stereocenters. The van der Waals surface area contributed by atoms with Crippen molar-refractivity contribution in [1.82, 2.24) is 19.8 Å². The summed E-state index contributed by atoms with van der Waals surface area (Å²) in [7, 11) is 7.36. The minimum Gasteiger partial charge on any atom is -0.301 e. The maximum atomic E-state index is 11.9. The second-order valence-electron chi connectivity index (χ2n) is 6.40. The van der Waals surface area contributed by atoms with E-state index in [9.17, 15) is 9.59 Å². The fourth-order valence-electron chi connectivity index (χ4n) is 2.35. The zero-order valence-electron chi connectivity index (χ0n) is 15.0. The Balaban J connectivity index is 1.79. The first kappa shape index (κ1) is 18.6. The van der Waals surface area contributed by atoms with Crippen LogP contribution in [0.2, 0.25) is 0 Å². The molecule has 2 aromatic heterocycles. The molecule has 2 amide bonds. The molecule has 138 valence electrons. The SMILES string of the molecule is CN(C)CC(=O)Nc1nc2cc3nc(NC(=O)CN(C)C)sc3cc2s1. The van der Waals surface area contributed by atoms with E-state index in [1.807, 2.05) is 40.3 Å². The molecule has 0 spiro atoms. The van der Waals surface area contributed by atoms with Crippen molar-refractivity contribution in [3.8, 4) is 0 Å². The van der Waals surface area contributed by atoms with E-state index < -0.39 is 0 Å². The average Bonchev–Trinajstić information content (AvgIpc) is 3.03. The molecule has 0 aliphatic heterocycles. The summed E-state index contributed by atoms with van der Waals surface area (Å²) in [6, 6.07) is 3.87. The standard InChI is InChI=1S/C16H20N6O2S2/c1-21(2)7-13(23)19-15-17-9-5-10-12(6-11(9)25-15)26-16(18-10)20-14(24)8-22(3)4/h5-6H,7-8H2,1-4H3,(H,17,19,23)(H,18,20,24). The van der Waals surface area contributed by atoms with Gasteiger partial charge in [0.25, 0.3) is 0 Å². The number of carbonyl (C=O) groups excluding carboxylic acids is 2. The molecule has 3 rings (SSSR count). The quantitative estimate of drug-likeness (QED) is 0.666. The molecule has 10 heteroatoms. The normalized spacial score (nSPS) is 11.6. The number of thiazole rings is 2. The predicted octanol–water partition coefficient (Wildman–Crippen LogP) is 1.91. The Morgan fingerprint density at radius 1 is 0.846 bits per heavy atom. The second-order valence-corrected chi connectivity index (χ2v) is 8.46. The lowest BCUT2D eigenvalue weighted by Gasteiger charge is -2.07. The van der Waals surface area contributed by atoms with Gasteiger partial charge in [-0.2, -0.15) is 0 Å². The number of likely N-dealkylation sites (N-methyl/N-ethyl adjacent to an activating group) is 2. The zero-order valence-corrected chi connectivity index (χ0v) is 16.6. The average molecular weight is 393 g/mol. The highest BCUT2D eigenvalue weighted by Gasteiger charge is 2.13. The number of aromatic nitrogens is 2. The largest absolute Gasteiger partial charge is 0.301 e. The fourth-order valence-corrected chi connectivity index (χ4v) is 4.23. The van der Waals surface area contributed by atoms with Crippen molar-refractivity contribution in [2.75, 3.05) is 51.9 Å². The maximum absolute atomic E-state index is 11.9.